The van der Waals surface area contributed by atoms with E-state index in [1.54, 1.807) is 4.90 Å². The molecule has 0 aromatic heterocycles. The first-order valence-corrected chi connectivity index (χ1v) is 6.88. The van der Waals surface area contributed by atoms with Crippen LogP contribution < -0.4 is 10.2 Å². The number of aryl methyl sites for hydroxylation is 1. The van der Waals surface area contributed by atoms with Crippen LogP contribution in [0.15, 0.2) is 24.3 Å². The first-order valence-electron chi connectivity index (χ1n) is 6.25. The van der Waals surface area contributed by atoms with E-state index >= 15 is 0 Å². The lowest BCUT2D eigenvalue weighted by Gasteiger charge is -2.26. The van der Waals surface area contributed by atoms with Crippen molar-refractivity contribution in [3.63, 3.8) is 0 Å². The van der Waals surface area contributed by atoms with E-state index in [1.807, 2.05) is 38.1 Å². The zero-order valence-corrected chi connectivity index (χ0v) is 12.4. The van der Waals surface area contributed by atoms with Crippen molar-refractivity contribution in [3.8, 4) is 0 Å². The van der Waals surface area contributed by atoms with Gasteiger partial charge in [-0.25, -0.2) is 0 Å². The number of hydrogen-bond acceptors (Lipinski definition) is 3. The second-order valence-electron chi connectivity index (χ2n) is 4.36. The summed E-state index contributed by atoms with van der Waals surface area (Å²) in [6.07, 6.45) is 0. The number of amides is 2. The van der Waals surface area contributed by atoms with Gasteiger partial charge in [0.1, 0.15) is 6.04 Å². The second kappa shape index (κ2) is 7.19. The molecule has 2 amide bonds. The van der Waals surface area contributed by atoms with Gasteiger partial charge in [-0.1, -0.05) is 12.1 Å². The van der Waals surface area contributed by atoms with Gasteiger partial charge in [-0.15, -0.1) is 0 Å². The minimum atomic E-state index is -0.596. The summed E-state index contributed by atoms with van der Waals surface area (Å²) in [7, 11) is 0. The van der Waals surface area contributed by atoms with Gasteiger partial charge in [0, 0.05) is 24.9 Å². The van der Waals surface area contributed by atoms with Crippen LogP contribution in [0.3, 0.4) is 0 Å². The number of anilines is 1. The summed E-state index contributed by atoms with van der Waals surface area (Å²) in [6, 6.07) is 7.13. The average molecular weight is 280 g/mol. The van der Waals surface area contributed by atoms with E-state index in [-0.39, 0.29) is 17.6 Å². The molecular weight excluding hydrogens is 260 g/mol. The SMILES string of the molecule is CCN(C(=O)C(CS)NC(C)=O)c1cccc(C)c1. The summed E-state index contributed by atoms with van der Waals surface area (Å²) in [5, 5.41) is 2.62. The van der Waals surface area contributed by atoms with Gasteiger partial charge in [0.15, 0.2) is 0 Å². The maximum atomic E-state index is 12.4. The molecule has 0 bridgehead atoms. The van der Waals surface area contributed by atoms with Crippen LogP contribution in [0, 0.1) is 6.92 Å². The molecule has 4 nitrogen and oxygen atoms in total. The molecule has 104 valence electrons. The molecule has 1 rings (SSSR count). The third-order valence-electron chi connectivity index (χ3n) is 2.75. The number of carbonyl (C=O) groups excluding carboxylic acids is 2. The number of hydrogen-bond donors (Lipinski definition) is 2. The molecule has 0 saturated carbocycles. The Morgan fingerprint density at radius 2 is 2.11 bits per heavy atom. The van der Waals surface area contributed by atoms with Crippen molar-refractivity contribution < 1.29 is 9.59 Å². The fourth-order valence-corrected chi connectivity index (χ4v) is 2.13. The fraction of sp³-hybridized carbons (Fsp3) is 0.429. The van der Waals surface area contributed by atoms with Gasteiger partial charge in [-0.05, 0) is 31.5 Å². The van der Waals surface area contributed by atoms with Crippen molar-refractivity contribution in [1.82, 2.24) is 5.32 Å². The van der Waals surface area contributed by atoms with Crippen molar-refractivity contribution in [2.24, 2.45) is 0 Å². The van der Waals surface area contributed by atoms with Crippen LogP contribution in [-0.4, -0.2) is 30.2 Å². The second-order valence-corrected chi connectivity index (χ2v) is 4.72. The lowest BCUT2D eigenvalue weighted by Crippen LogP contribution is -2.49. The number of carbonyl (C=O) groups is 2. The molecule has 0 fully saturated rings. The van der Waals surface area contributed by atoms with Crippen molar-refractivity contribution in [1.29, 1.82) is 0 Å². The lowest BCUT2D eigenvalue weighted by molar-refractivity contribution is -0.125. The van der Waals surface area contributed by atoms with Crippen molar-refractivity contribution in [2.45, 2.75) is 26.8 Å². The molecule has 0 saturated heterocycles. The van der Waals surface area contributed by atoms with Gasteiger partial charge in [0.2, 0.25) is 11.8 Å². The smallest absolute Gasteiger partial charge is 0.250 e. The van der Waals surface area contributed by atoms with E-state index in [0.29, 0.717) is 6.54 Å². The predicted octanol–water partition coefficient (Wildman–Crippen LogP) is 1.78. The molecule has 1 atom stereocenters. The molecule has 0 radical (unpaired) electrons. The summed E-state index contributed by atoms with van der Waals surface area (Å²) in [5.41, 5.74) is 1.93. The number of thiol groups is 1. The number of benzene rings is 1. The Morgan fingerprint density at radius 3 is 2.58 bits per heavy atom. The normalized spacial score (nSPS) is 11.8. The highest BCUT2D eigenvalue weighted by atomic mass is 32.1. The molecular formula is C14H20N2O2S. The number of likely N-dealkylation sites (N-methyl/N-ethyl adjacent to an activating group) is 1. The van der Waals surface area contributed by atoms with Gasteiger partial charge in [-0.2, -0.15) is 12.6 Å². The van der Waals surface area contributed by atoms with E-state index < -0.39 is 6.04 Å². The topological polar surface area (TPSA) is 49.4 Å². The Bertz CT molecular complexity index is 463. The van der Waals surface area contributed by atoms with Crippen LogP contribution >= 0.6 is 12.6 Å². The number of nitrogens with zero attached hydrogens (tertiary/aromatic N) is 1. The first-order chi connectivity index (χ1) is 8.99. The van der Waals surface area contributed by atoms with Crippen molar-refractivity contribution in [2.75, 3.05) is 17.2 Å². The maximum absolute atomic E-state index is 12.4. The van der Waals surface area contributed by atoms with Gasteiger partial charge >= 0.3 is 0 Å². The van der Waals surface area contributed by atoms with E-state index in [0.717, 1.165) is 11.3 Å². The summed E-state index contributed by atoms with van der Waals surface area (Å²) in [4.78, 5) is 25.2. The van der Waals surface area contributed by atoms with Crippen LogP contribution in [0.1, 0.15) is 19.4 Å². The Morgan fingerprint density at radius 1 is 1.42 bits per heavy atom. The first kappa shape index (κ1) is 15.6. The Kier molecular flexibility index (Phi) is 5.89. The van der Waals surface area contributed by atoms with Gasteiger partial charge in [0.05, 0.1) is 0 Å². The highest BCUT2D eigenvalue weighted by Gasteiger charge is 2.24. The molecule has 1 aromatic rings. The molecule has 0 aliphatic rings. The molecule has 0 aliphatic carbocycles. The summed E-state index contributed by atoms with van der Waals surface area (Å²) >= 11 is 4.13. The number of rotatable bonds is 5. The van der Waals surface area contributed by atoms with Gasteiger partial charge in [0.25, 0.3) is 0 Å². The Labute approximate surface area is 119 Å². The predicted molar refractivity (Wildman–Crippen MR) is 80.7 cm³/mol. The van der Waals surface area contributed by atoms with Crippen LogP contribution in [0.4, 0.5) is 5.69 Å². The highest BCUT2D eigenvalue weighted by Crippen LogP contribution is 2.17. The lowest BCUT2D eigenvalue weighted by atomic mass is 10.2. The molecule has 0 heterocycles. The van der Waals surface area contributed by atoms with Crippen molar-refractivity contribution >= 4 is 30.1 Å². The highest BCUT2D eigenvalue weighted by molar-refractivity contribution is 7.80. The van der Waals surface area contributed by atoms with Crippen LogP contribution in [0.2, 0.25) is 0 Å². The summed E-state index contributed by atoms with van der Waals surface area (Å²) in [5.74, 6) is -0.0909. The third-order valence-corrected chi connectivity index (χ3v) is 3.12. The van der Waals surface area contributed by atoms with Gasteiger partial charge < -0.3 is 10.2 Å². The minimum absolute atomic E-state index is 0.140. The van der Waals surface area contributed by atoms with E-state index in [9.17, 15) is 9.59 Å². The van der Waals surface area contributed by atoms with Crippen LogP contribution in [0.25, 0.3) is 0 Å². The molecule has 0 spiro atoms. The Balaban J connectivity index is 2.95. The van der Waals surface area contributed by atoms with Crippen molar-refractivity contribution in [3.05, 3.63) is 29.8 Å². The minimum Gasteiger partial charge on any atom is -0.344 e. The standard InChI is InChI=1S/C14H20N2O2S/c1-4-16(12-7-5-6-10(2)8-12)14(18)13(9-19)15-11(3)17/h5-8,13,19H,4,9H2,1-3H3,(H,15,17). The molecule has 0 aliphatic heterocycles. The molecule has 1 unspecified atom stereocenters. The largest absolute Gasteiger partial charge is 0.344 e. The molecule has 5 heteroatoms. The molecule has 1 N–H and O–H groups in total. The van der Waals surface area contributed by atoms with E-state index in [2.05, 4.69) is 17.9 Å². The number of nitrogens with one attached hydrogen (secondary N) is 1. The molecule has 1 aromatic carbocycles. The quantitative estimate of drug-likeness (QED) is 0.808. The fourth-order valence-electron chi connectivity index (χ4n) is 1.88. The monoisotopic (exact) mass is 280 g/mol. The third kappa shape index (κ3) is 4.28. The molecule has 19 heavy (non-hydrogen) atoms. The Hall–Kier alpha value is -1.49. The average Bonchev–Trinajstić information content (AvgIpc) is 2.36. The van der Waals surface area contributed by atoms with E-state index in [4.69, 9.17) is 0 Å². The van der Waals surface area contributed by atoms with Crippen LogP contribution in [-0.2, 0) is 9.59 Å². The zero-order valence-electron chi connectivity index (χ0n) is 11.5. The zero-order chi connectivity index (χ0) is 14.4. The van der Waals surface area contributed by atoms with E-state index in [1.165, 1.54) is 6.92 Å². The maximum Gasteiger partial charge on any atom is 0.250 e. The van der Waals surface area contributed by atoms with Gasteiger partial charge in [-0.3, -0.25) is 9.59 Å². The summed E-state index contributed by atoms with van der Waals surface area (Å²) < 4.78 is 0. The van der Waals surface area contributed by atoms with Crippen LogP contribution in [0.5, 0.6) is 0 Å². The summed E-state index contributed by atoms with van der Waals surface area (Å²) in [6.45, 7) is 5.83.